The van der Waals surface area contributed by atoms with Crippen LogP contribution in [0.5, 0.6) is 5.75 Å². The first-order chi connectivity index (χ1) is 6.14. The van der Waals surface area contributed by atoms with Gasteiger partial charge in [-0.2, -0.15) is 0 Å². The molecule has 0 spiro atoms. The summed E-state index contributed by atoms with van der Waals surface area (Å²) in [5.41, 5.74) is 0. The first-order valence-corrected chi connectivity index (χ1v) is 6.64. The van der Waals surface area contributed by atoms with Gasteiger partial charge in [0.25, 0.3) is 0 Å². The van der Waals surface area contributed by atoms with E-state index >= 15 is 0 Å². The second-order valence-electron chi connectivity index (χ2n) is 2.40. The number of rotatable bonds is 4. The van der Waals surface area contributed by atoms with Crippen molar-refractivity contribution in [3.63, 3.8) is 0 Å². The van der Waals surface area contributed by atoms with E-state index in [9.17, 15) is 7.38 Å². The molecule has 13 heavy (non-hydrogen) atoms. The zero-order chi connectivity index (χ0) is 9.73. The van der Waals surface area contributed by atoms with E-state index in [0.29, 0.717) is 5.75 Å². The number of hydrogen-bond acceptors (Lipinski definition) is 4. The molecule has 4 nitrogen and oxygen atoms in total. The molecule has 0 fully saturated rings. The van der Waals surface area contributed by atoms with Crippen LogP contribution in [0.4, 0.5) is 0 Å². The van der Waals surface area contributed by atoms with Crippen LogP contribution in [-0.2, 0) is 21.5 Å². The van der Waals surface area contributed by atoms with E-state index in [1.165, 1.54) is 0 Å². The van der Waals surface area contributed by atoms with E-state index in [0.717, 1.165) is 0 Å². The summed E-state index contributed by atoms with van der Waals surface area (Å²) >= 11 is -4.43. The number of para-hydroxylation sites is 1. The van der Waals surface area contributed by atoms with Crippen LogP contribution in [0.1, 0.15) is 6.92 Å². The number of benzene rings is 1. The summed E-state index contributed by atoms with van der Waals surface area (Å²) in [5, 5.41) is 0. The van der Waals surface area contributed by atoms with Crippen molar-refractivity contribution in [2.24, 2.45) is 0 Å². The molecule has 0 radical (unpaired) electrons. The van der Waals surface area contributed by atoms with E-state index in [-0.39, 0.29) is 6.61 Å². The van der Waals surface area contributed by atoms with Gasteiger partial charge >= 0.3 is 81.8 Å². The van der Waals surface area contributed by atoms with Crippen LogP contribution < -0.4 is 3.32 Å². The molecule has 0 aliphatic carbocycles. The Morgan fingerprint density at radius 1 is 1.23 bits per heavy atom. The van der Waals surface area contributed by atoms with E-state index < -0.39 is 18.1 Å². The summed E-state index contributed by atoms with van der Waals surface area (Å²) in [6.07, 6.45) is 0. The Balaban J connectivity index is 2.58. The molecule has 0 amide bonds. The van der Waals surface area contributed by atoms with Gasteiger partial charge < -0.3 is 0 Å². The van der Waals surface area contributed by atoms with Crippen molar-refractivity contribution in [2.45, 2.75) is 6.92 Å². The second-order valence-corrected chi connectivity index (χ2v) is 4.88. The van der Waals surface area contributed by atoms with Gasteiger partial charge in [0.1, 0.15) is 0 Å². The van der Waals surface area contributed by atoms with Crippen molar-refractivity contribution >= 4 is 0 Å². The molecule has 0 aromatic heterocycles. The fraction of sp³-hybridized carbons (Fsp3) is 0.250. The van der Waals surface area contributed by atoms with Crippen molar-refractivity contribution in [2.75, 3.05) is 6.61 Å². The zero-order valence-electron chi connectivity index (χ0n) is 7.30. The van der Waals surface area contributed by atoms with Gasteiger partial charge in [0.15, 0.2) is 0 Å². The molecule has 1 aromatic rings. The summed E-state index contributed by atoms with van der Waals surface area (Å²) in [6.45, 7) is 1.92. The first-order valence-electron chi connectivity index (χ1n) is 3.97. The maximum absolute atomic E-state index is 9.27. The van der Waals surface area contributed by atoms with Crippen LogP contribution in [0.2, 0.25) is 0 Å². The predicted molar refractivity (Wildman–Crippen MR) is 43.1 cm³/mol. The Labute approximate surface area is 82.0 Å². The van der Waals surface area contributed by atoms with Gasteiger partial charge in [-0.25, -0.2) is 0 Å². The third-order valence-electron chi connectivity index (χ3n) is 1.33. The Kier molecular flexibility index (Phi) is 3.90. The Bertz CT molecular complexity index is 250. The third kappa shape index (κ3) is 3.89. The molecule has 0 aliphatic rings. The molecule has 0 aliphatic heterocycles. The van der Waals surface area contributed by atoms with Crippen molar-refractivity contribution in [1.82, 2.24) is 0 Å². The van der Waals surface area contributed by atoms with Crippen LogP contribution in [0.3, 0.4) is 0 Å². The molecule has 0 atom stereocenters. The predicted octanol–water partition coefficient (Wildman–Crippen LogP) is 0.900. The molecule has 0 unspecified atom stereocenters. The molecule has 0 saturated carbocycles. The monoisotopic (exact) mass is 220 g/mol. The summed E-state index contributed by atoms with van der Waals surface area (Å²) in [7, 11) is 0. The van der Waals surface area contributed by atoms with E-state index in [2.05, 4.69) is 0 Å². The molecule has 1 rings (SSSR count). The summed E-state index contributed by atoms with van der Waals surface area (Å²) in [4.78, 5) is 0. The average Bonchev–Trinajstić information content (AvgIpc) is 2.04. The topological polar surface area (TPSA) is 58.9 Å². The minimum absolute atomic E-state index is 0.236. The van der Waals surface area contributed by atoms with Crippen LogP contribution >= 0.6 is 0 Å². The van der Waals surface area contributed by atoms with E-state index in [1.807, 2.05) is 6.07 Å². The van der Waals surface area contributed by atoms with Crippen LogP contribution in [0.25, 0.3) is 0 Å². The standard InChI is InChI=1S/C6H6O.C2H5O.2H2O.Ti/c7-6-4-2-1-3-5-6;1-2-3;;;/h1-5,7H;2H2,1H3;2*1H2;/q;-1;;;+4/p-3. The molecule has 1 aromatic carbocycles. The van der Waals surface area contributed by atoms with E-state index in [4.69, 9.17) is 6.64 Å². The van der Waals surface area contributed by atoms with Crippen molar-refractivity contribution in [3.8, 4) is 5.75 Å². The summed E-state index contributed by atoms with van der Waals surface area (Å²) in [6, 6.07) is 8.60. The van der Waals surface area contributed by atoms with Gasteiger partial charge in [-0.15, -0.1) is 0 Å². The van der Waals surface area contributed by atoms with Crippen LogP contribution in [-0.4, -0.2) is 14.0 Å². The molecule has 5 heteroatoms. The second kappa shape index (κ2) is 4.74. The van der Waals surface area contributed by atoms with E-state index in [1.54, 1.807) is 31.2 Å². The molecular weight excluding hydrogens is 208 g/mol. The van der Waals surface area contributed by atoms with Crippen LogP contribution in [0.15, 0.2) is 30.3 Å². The normalized spacial score (nSPS) is 11.3. The Morgan fingerprint density at radius 3 is 2.38 bits per heavy atom. The zero-order valence-corrected chi connectivity index (χ0v) is 8.87. The van der Waals surface area contributed by atoms with Gasteiger partial charge in [0, 0.05) is 0 Å². The van der Waals surface area contributed by atoms with Crippen molar-refractivity contribution in [1.29, 1.82) is 0 Å². The SMILES string of the molecule is CC[O][Ti]([OH])([OH])[O]c1ccccc1. The maximum atomic E-state index is 9.27. The van der Waals surface area contributed by atoms with Gasteiger partial charge in [-0.1, -0.05) is 0 Å². The van der Waals surface area contributed by atoms with Gasteiger partial charge in [-0.3, -0.25) is 0 Å². The quantitative estimate of drug-likeness (QED) is 0.740. The molecule has 72 valence electrons. The average molecular weight is 220 g/mol. The van der Waals surface area contributed by atoms with Crippen molar-refractivity contribution in [3.05, 3.63) is 30.3 Å². The molecular formula is C8H12O4Ti. The molecule has 0 saturated heterocycles. The van der Waals surface area contributed by atoms with Crippen molar-refractivity contribution < 1.29 is 32.2 Å². The minimum atomic E-state index is -4.43. The van der Waals surface area contributed by atoms with Gasteiger partial charge in [0.05, 0.1) is 0 Å². The fourth-order valence-electron chi connectivity index (χ4n) is 0.860. The number of hydrogen-bond donors (Lipinski definition) is 2. The molecule has 0 bridgehead atoms. The third-order valence-corrected chi connectivity index (χ3v) is 3.15. The van der Waals surface area contributed by atoms with Crippen LogP contribution in [0, 0.1) is 0 Å². The summed E-state index contributed by atoms with van der Waals surface area (Å²) in [5.74, 6) is 0.418. The summed E-state index contributed by atoms with van der Waals surface area (Å²) < 4.78 is 28.2. The Hall–Kier alpha value is -0.386. The van der Waals surface area contributed by atoms with Gasteiger partial charge in [-0.05, 0) is 0 Å². The molecule has 2 N–H and O–H groups in total. The molecule has 0 heterocycles. The Morgan fingerprint density at radius 2 is 1.85 bits per heavy atom. The van der Waals surface area contributed by atoms with Gasteiger partial charge in [0.2, 0.25) is 0 Å². The first kappa shape index (κ1) is 10.7. The fourth-order valence-corrected chi connectivity index (χ4v) is 2.23.